The van der Waals surface area contributed by atoms with Crippen LogP contribution >= 0.6 is 0 Å². The zero-order chi connectivity index (χ0) is 12.1. The van der Waals surface area contributed by atoms with Crippen molar-refractivity contribution in [2.75, 3.05) is 0 Å². The van der Waals surface area contributed by atoms with Gasteiger partial charge >= 0.3 is 0 Å². The molecule has 0 bridgehead atoms. The molecule has 0 spiro atoms. The Balaban J connectivity index is 2.16. The highest BCUT2D eigenvalue weighted by Gasteiger charge is 2.00. The van der Waals surface area contributed by atoms with Crippen molar-refractivity contribution in [3.05, 3.63) is 53.7 Å². The Morgan fingerprint density at radius 1 is 1.29 bits per heavy atom. The Labute approximate surface area is 98.7 Å². The number of ether oxygens (including phenoxy) is 1. The zero-order valence-corrected chi connectivity index (χ0v) is 9.00. The van der Waals surface area contributed by atoms with Crippen LogP contribution in [-0.4, -0.2) is 10.1 Å². The molecular formula is C13H10N2O2. The molecule has 1 aromatic carbocycles. The van der Waals surface area contributed by atoms with Crippen LogP contribution in [0.25, 0.3) is 0 Å². The molecule has 0 aliphatic carbocycles. The predicted octanol–water partition coefficient (Wildman–Crippen LogP) is 2.24. The summed E-state index contributed by atoms with van der Waals surface area (Å²) >= 11 is 0. The minimum Gasteiger partial charge on any atom is -0.439 e. The van der Waals surface area contributed by atoms with E-state index >= 15 is 0 Å². The highest BCUT2D eigenvalue weighted by molar-refractivity contribution is 5.37. The number of pyridine rings is 1. The third-order valence-electron chi connectivity index (χ3n) is 2.17. The van der Waals surface area contributed by atoms with Crippen molar-refractivity contribution in [3.8, 4) is 17.7 Å². The zero-order valence-electron chi connectivity index (χ0n) is 9.00. The second kappa shape index (κ2) is 5.10. The summed E-state index contributed by atoms with van der Waals surface area (Å²) in [6, 6.07) is 12.3. The summed E-state index contributed by atoms with van der Waals surface area (Å²) in [5.74, 6) is 0.991. The Hall–Kier alpha value is -2.38. The van der Waals surface area contributed by atoms with E-state index in [4.69, 9.17) is 15.1 Å². The maximum absolute atomic E-state index is 8.87. The van der Waals surface area contributed by atoms with E-state index in [2.05, 4.69) is 4.98 Å². The van der Waals surface area contributed by atoms with Gasteiger partial charge < -0.3 is 9.84 Å². The van der Waals surface area contributed by atoms with E-state index in [9.17, 15) is 0 Å². The van der Waals surface area contributed by atoms with Crippen LogP contribution in [0.15, 0.2) is 42.6 Å². The molecule has 0 amide bonds. The molecule has 0 atom stereocenters. The summed E-state index contributed by atoms with van der Waals surface area (Å²) in [6.07, 6.45) is 1.55. The summed E-state index contributed by atoms with van der Waals surface area (Å²) < 4.78 is 5.48. The fraction of sp³-hybridized carbons (Fsp3) is 0.0769. The van der Waals surface area contributed by atoms with Gasteiger partial charge in [-0.05, 0) is 29.8 Å². The number of hydrogen-bond donors (Lipinski definition) is 1. The molecule has 84 valence electrons. The molecule has 0 fully saturated rings. The van der Waals surface area contributed by atoms with Crippen molar-refractivity contribution in [1.29, 1.82) is 5.26 Å². The van der Waals surface area contributed by atoms with Crippen LogP contribution in [0.5, 0.6) is 11.6 Å². The third kappa shape index (κ3) is 2.80. The molecule has 0 saturated heterocycles. The van der Waals surface area contributed by atoms with Crippen LogP contribution < -0.4 is 4.74 Å². The fourth-order valence-corrected chi connectivity index (χ4v) is 1.31. The van der Waals surface area contributed by atoms with Gasteiger partial charge in [0.15, 0.2) is 0 Å². The number of hydrogen-bond acceptors (Lipinski definition) is 4. The maximum Gasteiger partial charge on any atom is 0.219 e. The summed E-state index contributed by atoms with van der Waals surface area (Å²) in [5, 5.41) is 17.6. The fourth-order valence-electron chi connectivity index (χ4n) is 1.31. The molecule has 0 aliphatic heterocycles. The summed E-state index contributed by atoms with van der Waals surface area (Å²) in [4.78, 5) is 4.04. The van der Waals surface area contributed by atoms with Crippen LogP contribution in [0.3, 0.4) is 0 Å². The number of benzene rings is 1. The molecule has 1 aromatic heterocycles. The first-order valence-corrected chi connectivity index (χ1v) is 5.05. The van der Waals surface area contributed by atoms with Gasteiger partial charge in [0.2, 0.25) is 5.88 Å². The van der Waals surface area contributed by atoms with Crippen LogP contribution in [0.1, 0.15) is 11.1 Å². The van der Waals surface area contributed by atoms with Crippen LogP contribution in [0.4, 0.5) is 0 Å². The number of aliphatic hydroxyl groups is 1. The number of nitrogens with zero attached hydrogens (tertiary/aromatic N) is 2. The summed E-state index contributed by atoms with van der Waals surface area (Å²) in [7, 11) is 0. The van der Waals surface area contributed by atoms with E-state index in [1.54, 1.807) is 42.6 Å². The van der Waals surface area contributed by atoms with Gasteiger partial charge in [-0.15, -0.1) is 0 Å². The van der Waals surface area contributed by atoms with E-state index in [0.29, 0.717) is 17.2 Å². The lowest BCUT2D eigenvalue weighted by Gasteiger charge is -2.04. The molecule has 1 N–H and O–H groups in total. The number of aliphatic hydroxyl groups excluding tert-OH is 1. The minimum absolute atomic E-state index is 0.0444. The lowest BCUT2D eigenvalue weighted by atomic mass is 10.2. The lowest BCUT2D eigenvalue weighted by molar-refractivity contribution is 0.281. The first-order valence-electron chi connectivity index (χ1n) is 5.05. The molecule has 2 rings (SSSR count). The molecule has 17 heavy (non-hydrogen) atoms. The third-order valence-corrected chi connectivity index (χ3v) is 2.17. The van der Waals surface area contributed by atoms with Crippen molar-refractivity contribution in [2.24, 2.45) is 0 Å². The molecular weight excluding hydrogens is 216 g/mol. The number of rotatable bonds is 3. The van der Waals surface area contributed by atoms with Gasteiger partial charge in [-0.1, -0.05) is 6.07 Å². The van der Waals surface area contributed by atoms with Gasteiger partial charge in [-0.3, -0.25) is 0 Å². The lowest BCUT2D eigenvalue weighted by Crippen LogP contribution is -1.90. The monoisotopic (exact) mass is 226 g/mol. The van der Waals surface area contributed by atoms with Crippen LogP contribution in [-0.2, 0) is 6.61 Å². The van der Waals surface area contributed by atoms with Gasteiger partial charge in [0.25, 0.3) is 0 Å². The second-order valence-corrected chi connectivity index (χ2v) is 3.40. The average Bonchev–Trinajstić information content (AvgIpc) is 2.40. The van der Waals surface area contributed by atoms with Gasteiger partial charge in [-0.25, -0.2) is 4.98 Å². The average molecular weight is 226 g/mol. The van der Waals surface area contributed by atoms with Crippen LogP contribution in [0.2, 0.25) is 0 Å². The van der Waals surface area contributed by atoms with E-state index in [1.165, 1.54) is 0 Å². The quantitative estimate of drug-likeness (QED) is 0.871. The highest BCUT2D eigenvalue weighted by Crippen LogP contribution is 2.20. The van der Waals surface area contributed by atoms with Gasteiger partial charge in [0.05, 0.1) is 18.2 Å². The smallest absolute Gasteiger partial charge is 0.219 e. The maximum atomic E-state index is 8.87. The standard InChI is InChI=1S/C13H10N2O2/c14-7-10-2-1-3-12(6-10)17-13-5-4-11(9-16)8-15-13/h1-6,8,16H,9H2. The SMILES string of the molecule is N#Cc1cccc(Oc2ccc(CO)cn2)c1. The Morgan fingerprint density at radius 3 is 2.82 bits per heavy atom. The Morgan fingerprint density at radius 2 is 2.18 bits per heavy atom. The molecule has 4 nitrogen and oxygen atoms in total. The second-order valence-electron chi connectivity index (χ2n) is 3.40. The Bertz CT molecular complexity index is 544. The van der Waals surface area contributed by atoms with Crippen molar-refractivity contribution < 1.29 is 9.84 Å². The van der Waals surface area contributed by atoms with Crippen molar-refractivity contribution in [2.45, 2.75) is 6.61 Å². The van der Waals surface area contributed by atoms with Crippen molar-refractivity contribution in [3.63, 3.8) is 0 Å². The van der Waals surface area contributed by atoms with E-state index < -0.39 is 0 Å². The largest absolute Gasteiger partial charge is 0.439 e. The van der Waals surface area contributed by atoms with E-state index in [1.807, 2.05) is 6.07 Å². The minimum atomic E-state index is -0.0444. The molecule has 0 aliphatic rings. The number of aromatic nitrogens is 1. The van der Waals surface area contributed by atoms with Crippen molar-refractivity contribution >= 4 is 0 Å². The summed E-state index contributed by atoms with van der Waals surface area (Å²) in [6.45, 7) is -0.0444. The predicted molar refractivity (Wildman–Crippen MR) is 61.4 cm³/mol. The number of nitriles is 1. The topological polar surface area (TPSA) is 66.1 Å². The normalized spacial score (nSPS) is 9.65. The molecule has 0 unspecified atom stereocenters. The van der Waals surface area contributed by atoms with Gasteiger partial charge in [0.1, 0.15) is 5.75 Å². The summed E-state index contributed by atoms with van der Waals surface area (Å²) in [5.41, 5.74) is 1.26. The molecule has 4 heteroatoms. The van der Waals surface area contributed by atoms with E-state index in [0.717, 1.165) is 5.56 Å². The molecule has 1 heterocycles. The van der Waals surface area contributed by atoms with Gasteiger partial charge in [0, 0.05) is 12.3 Å². The molecule has 0 saturated carbocycles. The highest BCUT2D eigenvalue weighted by atomic mass is 16.5. The van der Waals surface area contributed by atoms with Crippen molar-refractivity contribution in [1.82, 2.24) is 4.98 Å². The Kier molecular flexibility index (Phi) is 3.34. The molecule has 0 radical (unpaired) electrons. The van der Waals surface area contributed by atoms with Crippen LogP contribution in [0, 0.1) is 11.3 Å². The molecule has 2 aromatic rings. The first-order chi connectivity index (χ1) is 8.31. The van der Waals surface area contributed by atoms with E-state index in [-0.39, 0.29) is 6.61 Å². The van der Waals surface area contributed by atoms with Gasteiger partial charge in [-0.2, -0.15) is 5.26 Å². The first kappa shape index (κ1) is 11.1.